The number of rotatable bonds is 8. The molecule has 102 valence electrons. The second-order valence-corrected chi connectivity index (χ2v) is 5.88. The minimum atomic E-state index is -0.248. The van der Waals surface area contributed by atoms with Crippen LogP contribution in [0.15, 0.2) is 0 Å². The molecule has 0 saturated heterocycles. The molecule has 0 heterocycles. The molecular formula is C14H30N2O. The first-order chi connectivity index (χ1) is 7.78. The highest BCUT2D eigenvalue weighted by Crippen LogP contribution is 2.12. The van der Waals surface area contributed by atoms with E-state index in [2.05, 4.69) is 20.8 Å². The average Bonchev–Trinajstić information content (AvgIpc) is 2.19. The van der Waals surface area contributed by atoms with Gasteiger partial charge in [0.05, 0.1) is 0 Å². The molecular weight excluding hydrogens is 212 g/mol. The van der Waals surface area contributed by atoms with Gasteiger partial charge < -0.3 is 10.6 Å². The molecule has 3 nitrogen and oxygen atoms in total. The summed E-state index contributed by atoms with van der Waals surface area (Å²) in [6.45, 7) is 11.2. The van der Waals surface area contributed by atoms with Gasteiger partial charge in [-0.25, -0.2) is 0 Å². The van der Waals surface area contributed by atoms with E-state index in [1.54, 1.807) is 0 Å². The first-order valence-electron chi connectivity index (χ1n) is 6.86. The Kier molecular flexibility index (Phi) is 7.44. The number of hydrogen-bond donors (Lipinski definition) is 1. The highest BCUT2D eigenvalue weighted by atomic mass is 16.2. The van der Waals surface area contributed by atoms with Gasteiger partial charge in [0.15, 0.2) is 0 Å². The first-order valence-corrected chi connectivity index (χ1v) is 6.86. The van der Waals surface area contributed by atoms with Crippen LogP contribution < -0.4 is 5.73 Å². The van der Waals surface area contributed by atoms with Crippen LogP contribution in [0, 0.1) is 0 Å². The van der Waals surface area contributed by atoms with Crippen molar-refractivity contribution < 1.29 is 4.79 Å². The van der Waals surface area contributed by atoms with Crippen molar-refractivity contribution in [2.45, 2.75) is 78.3 Å². The number of nitrogens with zero attached hydrogens (tertiary/aromatic N) is 1. The van der Waals surface area contributed by atoms with E-state index in [9.17, 15) is 4.79 Å². The lowest BCUT2D eigenvalue weighted by Crippen LogP contribution is -2.40. The zero-order valence-corrected chi connectivity index (χ0v) is 12.3. The summed E-state index contributed by atoms with van der Waals surface area (Å²) in [5.74, 6) is 0.245. The van der Waals surface area contributed by atoms with Gasteiger partial charge in [-0.3, -0.25) is 4.79 Å². The highest BCUT2D eigenvalue weighted by molar-refractivity contribution is 5.76. The van der Waals surface area contributed by atoms with Crippen LogP contribution in [0.3, 0.4) is 0 Å². The van der Waals surface area contributed by atoms with Gasteiger partial charge in [-0.2, -0.15) is 0 Å². The SMILES string of the molecule is CCCCCN(C(=O)CCC(C)(C)N)C(C)C. The fraction of sp³-hybridized carbons (Fsp3) is 0.929. The first kappa shape index (κ1) is 16.4. The Morgan fingerprint density at radius 1 is 1.29 bits per heavy atom. The Morgan fingerprint density at radius 3 is 2.29 bits per heavy atom. The van der Waals surface area contributed by atoms with Crippen molar-refractivity contribution in [3.8, 4) is 0 Å². The van der Waals surface area contributed by atoms with Crippen LogP contribution in [-0.4, -0.2) is 28.9 Å². The molecule has 0 saturated carbocycles. The summed E-state index contributed by atoms with van der Waals surface area (Å²) in [5.41, 5.74) is 5.66. The molecule has 0 aromatic rings. The Balaban J connectivity index is 4.16. The van der Waals surface area contributed by atoms with Gasteiger partial charge in [0.25, 0.3) is 0 Å². The van der Waals surface area contributed by atoms with Crippen LogP contribution in [0.5, 0.6) is 0 Å². The molecule has 17 heavy (non-hydrogen) atoms. The van der Waals surface area contributed by atoms with E-state index in [1.165, 1.54) is 12.8 Å². The van der Waals surface area contributed by atoms with Crippen molar-refractivity contribution in [1.29, 1.82) is 0 Å². The minimum absolute atomic E-state index is 0.245. The van der Waals surface area contributed by atoms with E-state index >= 15 is 0 Å². The smallest absolute Gasteiger partial charge is 0.222 e. The molecule has 1 amide bonds. The van der Waals surface area contributed by atoms with Crippen LogP contribution in [0.25, 0.3) is 0 Å². The summed E-state index contributed by atoms with van der Waals surface area (Å²) >= 11 is 0. The van der Waals surface area contributed by atoms with Crippen LogP contribution in [-0.2, 0) is 4.79 Å². The van der Waals surface area contributed by atoms with Gasteiger partial charge in [-0.15, -0.1) is 0 Å². The predicted octanol–water partition coefficient (Wildman–Crippen LogP) is 2.93. The lowest BCUT2D eigenvalue weighted by atomic mass is 9.99. The van der Waals surface area contributed by atoms with E-state index in [0.29, 0.717) is 12.5 Å². The van der Waals surface area contributed by atoms with Crippen molar-refractivity contribution in [1.82, 2.24) is 4.90 Å². The average molecular weight is 242 g/mol. The topological polar surface area (TPSA) is 46.3 Å². The fourth-order valence-corrected chi connectivity index (χ4v) is 1.78. The lowest BCUT2D eigenvalue weighted by Gasteiger charge is -2.28. The van der Waals surface area contributed by atoms with Gasteiger partial charge in [0.1, 0.15) is 0 Å². The standard InChI is InChI=1S/C14H30N2O/c1-6-7-8-11-16(12(2)3)13(17)9-10-14(4,5)15/h12H,6-11,15H2,1-5H3. The van der Waals surface area contributed by atoms with E-state index in [4.69, 9.17) is 5.73 Å². The van der Waals surface area contributed by atoms with Crippen LogP contribution in [0.2, 0.25) is 0 Å². The molecule has 0 aliphatic rings. The second kappa shape index (κ2) is 7.70. The molecule has 0 radical (unpaired) electrons. The van der Waals surface area contributed by atoms with Gasteiger partial charge in [-0.05, 0) is 40.5 Å². The summed E-state index contributed by atoms with van der Waals surface area (Å²) in [7, 11) is 0. The molecule has 2 N–H and O–H groups in total. The third-order valence-electron chi connectivity index (χ3n) is 2.93. The number of hydrogen-bond acceptors (Lipinski definition) is 2. The molecule has 0 aromatic heterocycles. The number of amides is 1. The predicted molar refractivity (Wildman–Crippen MR) is 73.9 cm³/mol. The maximum absolute atomic E-state index is 12.1. The summed E-state index contributed by atoms with van der Waals surface area (Å²) < 4.78 is 0. The quantitative estimate of drug-likeness (QED) is 0.665. The van der Waals surface area contributed by atoms with Gasteiger partial charge >= 0.3 is 0 Å². The maximum atomic E-state index is 12.1. The molecule has 0 atom stereocenters. The molecule has 0 unspecified atom stereocenters. The maximum Gasteiger partial charge on any atom is 0.222 e. The van der Waals surface area contributed by atoms with Crippen LogP contribution >= 0.6 is 0 Å². The summed E-state index contributed by atoms with van der Waals surface area (Å²) in [6.07, 6.45) is 4.80. The summed E-state index contributed by atoms with van der Waals surface area (Å²) in [5, 5.41) is 0. The number of nitrogens with two attached hydrogens (primary N) is 1. The van der Waals surface area contributed by atoms with Gasteiger partial charge in [0, 0.05) is 24.5 Å². The minimum Gasteiger partial charge on any atom is -0.340 e. The molecule has 0 spiro atoms. The molecule has 0 aliphatic heterocycles. The van der Waals surface area contributed by atoms with Crippen LogP contribution in [0.1, 0.15) is 66.7 Å². The van der Waals surface area contributed by atoms with Crippen molar-refractivity contribution in [3.63, 3.8) is 0 Å². The monoisotopic (exact) mass is 242 g/mol. The zero-order chi connectivity index (χ0) is 13.5. The fourth-order valence-electron chi connectivity index (χ4n) is 1.78. The lowest BCUT2D eigenvalue weighted by molar-refractivity contribution is -0.133. The van der Waals surface area contributed by atoms with E-state index in [0.717, 1.165) is 19.4 Å². The third kappa shape index (κ3) is 8.19. The van der Waals surface area contributed by atoms with E-state index < -0.39 is 0 Å². The Labute approximate surface area is 107 Å². The van der Waals surface area contributed by atoms with Crippen LogP contribution in [0.4, 0.5) is 0 Å². The third-order valence-corrected chi connectivity index (χ3v) is 2.93. The largest absolute Gasteiger partial charge is 0.340 e. The number of carbonyl (C=O) groups is 1. The van der Waals surface area contributed by atoms with Gasteiger partial charge in [-0.1, -0.05) is 19.8 Å². The normalized spacial score (nSPS) is 11.9. The summed E-state index contributed by atoms with van der Waals surface area (Å²) in [6, 6.07) is 0.292. The Morgan fingerprint density at radius 2 is 1.88 bits per heavy atom. The molecule has 0 fully saturated rings. The Hall–Kier alpha value is -0.570. The number of carbonyl (C=O) groups excluding carboxylic acids is 1. The molecule has 0 rings (SSSR count). The van der Waals surface area contributed by atoms with E-state index in [1.807, 2.05) is 18.7 Å². The Bertz CT molecular complexity index is 219. The van der Waals surface area contributed by atoms with Crippen molar-refractivity contribution in [2.75, 3.05) is 6.54 Å². The molecule has 0 aliphatic carbocycles. The van der Waals surface area contributed by atoms with E-state index in [-0.39, 0.29) is 11.4 Å². The van der Waals surface area contributed by atoms with Gasteiger partial charge in [0.2, 0.25) is 5.91 Å². The van der Waals surface area contributed by atoms with Crippen molar-refractivity contribution in [3.05, 3.63) is 0 Å². The van der Waals surface area contributed by atoms with Crippen molar-refractivity contribution in [2.24, 2.45) is 5.73 Å². The highest BCUT2D eigenvalue weighted by Gasteiger charge is 2.19. The molecule has 3 heteroatoms. The molecule has 0 aromatic carbocycles. The molecule has 0 bridgehead atoms. The second-order valence-electron chi connectivity index (χ2n) is 5.88. The summed E-state index contributed by atoms with van der Waals surface area (Å²) in [4.78, 5) is 14.1. The number of unbranched alkanes of at least 4 members (excludes halogenated alkanes) is 2. The zero-order valence-electron chi connectivity index (χ0n) is 12.3. The van der Waals surface area contributed by atoms with Crippen molar-refractivity contribution >= 4 is 5.91 Å².